The summed E-state index contributed by atoms with van der Waals surface area (Å²) in [5.41, 5.74) is 4.77. The Bertz CT molecular complexity index is 1610. The minimum Gasteiger partial charge on any atom is -0.478 e. The number of hydrogen-bond donors (Lipinski definition) is 1. The quantitative estimate of drug-likeness (QED) is 0.241. The van der Waals surface area contributed by atoms with Crippen LogP contribution in [-0.2, 0) is 25.4 Å². The molecule has 0 saturated carbocycles. The molecule has 0 aliphatic heterocycles. The number of benzene rings is 4. The van der Waals surface area contributed by atoms with Gasteiger partial charge in [0.2, 0.25) is 0 Å². The first-order chi connectivity index (χ1) is 18.3. The lowest BCUT2D eigenvalue weighted by atomic mass is 9.90. The van der Waals surface area contributed by atoms with E-state index in [4.69, 9.17) is 0 Å². The maximum atomic E-state index is 13.8. The number of halogens is 3. The number of hydrogen-bond acceptors (Lipinski definition) is 2. The van der Waals surface area contributed by atoms with Gasteiger partial charge in [-0.25, -0.2) is 4.79 Å². The van der Waals surface area contributed by atoms with Gasteiger partial charge in [0.25, 0.3) is 0 Å². The fourth-order valence-electron chi connectivity index (χ4n) is 4.81. The van der Waals surface area contributed by atoms with Gasteiger partial charge in [-0.3, -0.25) is 4.98 Å². The number of para-hydroxylation sites is 1. The van der Waals surface area contributed by atoms with Crippen molar-refractivity contribution in [3.63, 3.8) is 0 Å². The van der Waals surface area contributed by atoms with E-state index in [9.17, 15) is 23.1 Å². The highest BCUT2D eigenvalue weighted by Gasteiger charge is 2.33. The number of carboxylic acid groups (broad SMARTS) is 1. The minimum atomic E-state index is -4.52. The second kappa shape index (κ2) is 10.5. The highest BCUT2D eigenvalue weighted by molar-refractivity contribution is 5.98. The number of rotatable bonds is 7. The maximum Gasteiger partial charge on any atom is 0.418 e. The molecule has 5 rings (SSSR count). The molecule has 0 aliphatic rings. The van der Waals surface area contributed by atoms with Crippen molar-refractivity contribution in [2.24, 2.45) is 0 Å². The van der Waals surface area contributed by atoms with E-state index < -0.39 is 17.7 Å². The van der Waals surface area contributed by atoms with Gasteiger partial charge in [0, 0.05) is 11.6 Å². The number of aromatic nitrogens is 1. The van der Waals surface area contributed by atoms with Crippen molar-refractivity contribution in [2.75, 3.05) is 0 Å². The molecule has 0 radical (unpaired) electrons. The Morgan fingerprint density at radius 3 is 2.13 bits per heavy atom. The van der Waals surface area contributed by atoms with Crippen molar-refractivity contribution in [2.45, 2.75) is 25.4 Å². The van der Waals surface area contributed by atoms with Crippen molar-refractivity contribution in [3.8, 4) is 11.1 Å². The first-order valence-corrected chi connectivity index (χ1v) is 12.2. The van der Waals surface area contributed by atoms with Gasteiger partial charge in [-0.2, -0.15) is 13.2 Å². The number of carbonyl (C=O) groups is 1. The van der Waals surface area contributed by atoms with Gasteiger partial charge in [0.05, 0.1) is 16.6 Å². The van der Waals surface area contributed by atoms with Gasteiger partial charge in [0.1, 0.15) is 0 Å². The molecule has 5 aromatic rings. The van der Waals surface area contributed by atoms with Crippen LogP contribution in [0.5, 0.6) is 0 Å². The molecule has 0 bridgehead atoms. The number of carboxylic acids is 1. The van der Waals surface area contributed by atoms with Crippen LogP contribution in [0, 0.1) is 0 Å². The maximum absolute atomic E-state index is 13.8. The Morgan fingerprint density at radius 1 is 0.763 bits per heavy atom. The number of fused-ring (bicyclic) bond motifs is 1. The molecule has 4 aromatic carbocycles. The Balaban J connectivity index is 1.57. The summed E-state index contributed by atoms with van der Waals surface area (Å²) in [6.45, 7) is 0. The summed E-state index contributed by atoms with van der Waals surface area (Å²) < 4.78 is 41.5. The van der Waals surface area contributed by atoms with E-state index in [-0.39, 0.29) is 11.1 Å². The van der Waals surface area contributed by atoms with Gasteiger partial charge >= 0.3 is 12.1 Å². The van der Waals surface area contributed by atoms with Crippen LogP contribution in [-0.4, -0.2) is 16.1 Å². The molecule has 1 N–H and O–H groups in total. The largest absolute Gasteiger partial charge is 0.478 e. The van der Waals surface area contributed by atoms with E-state index in [2.05, 4.69) is 4.98 Å². The molecule has 0 unspecified atom stereocenters. The Morgan fingerprint density at radius 2 is 1.42 bits per heavy atom. The second-order valence-electron chi connectivity index (χ2n) is 9.23. The molecule has 0 atom stereocenters. The van der Waals surface area contributed by atoms with Crippen molar-refractivity contribution in [1.29, 1.82) is 0 Å². The monoisotopic (exact) mass is 511 g/mol. The molecule has 1 heterocycles. The number of pyridine rings is 1. The fraction of sp³-hybridized carbons (Fsp3) is 0.125. The Hall–Kier alpha value is -4.45. The number of aromatic carboxylic acids is 1. The van der Waals surface area contributed by atoms with Crippen LogP contribution in [0.3, 0.4) is 0 Å². The molecule has 0 fully saturated rings. The average Bonchev–Trinajstić information content (AvgIpc) is 2.92. The molecule has 0 aliphatic carbocycles. The number of alkyl halides is 3. The summed E-state index contributed by atoms with van der Waals surface area (Å²) in [5.74, 6) is -0.970. The second-order valence-corrected chi connectivity index (χ2v) is 9.23. The van der Waals surface area contributed by atoms with Crippen LogP contribution >= 0.6 is 0 Å². The molecule has 38 heavy (non-hydrogen) atoms. The predicted molar refractivity (Wildman–Crippen MR) is 142 cm³/mol. The van der Waals surface area contributed by atoms with Crippen molar-refractivity contribution >= 4 is 16.9 Å². The van der Waals surface area contributed by atoms with Crippen LogP contribution in [0.25, 0.3) is 22.0 Å². The minimum absolute atomic E-state index is 0.0669. The summed E-state index contributed by atoms with van der Waals surface area (Å²) in [4.78, 5) is 15.6. The van der Waals surface area contributed by atoms with Crippen LogP contribution in [0.1, 0.15) is 38.2 Å². The summed E-state index contributed by atoms with van der Waals surface area (Å²) in [7, 11) is 0. The zero-order valence-electron chi connectivity index (χ0n) is 20.4. The molecule has 0 amide bonds. The van der Waals surface area contributed by atoms with Crippen LogP contribution in [0.15, 0.2) is 103 Å². The van der Waals surface area contributed by atoms with E-state index in [1.807, 2.05) is 60.7 Å². The first-order valence-electron chi connectivity index (χ1n) is 12.2. The van der Waals surface area contributed by atoms with Gasteiger partial charge in [-0.15, -0.1) is 0 Å². The molecule has 190 valence electrons. The Labute approximate surface area is 218 Å². The van der Waals surface area contributed by atoms with Crippen molar-refractivity contribution < 1.29 is 23.1 Å². The van der Waals surface area contributed by atoms with Crippen LogP contribution in [0.2, 0.25) is 0 Å². The molecular formula is C32H24F3NO2. The summed E-state index contributed by atoms with van der Waals surface area (Å²) in [6, 6.07) is 28.6. The lowest BCUT2D eigenvalue weighted by Gasteiger charge is -2.17. The predicted octanol–water partition coefficient (Wildman–Crippen LogP) is 7.99. The average molecular weight is 512 g/mol. The van der Waals surface area contributed by atoms with Gasteiger partial charge in [-0.1, -0.05) is 78.9 Å². The van der Waals surface area contributed by atoms with Gasteiger partial charge in [0.15, 0.2) is 0 Å². The lowest BCUT2D eigenvalue weighted by molar-refractivity contribution is -0.136. The van der Waals surface area contributed by atoms with E-state index in [1.165, 1.54) is 6.07 Å². The number of aryl methyl sites for hydroxylation is 2. The Kier molecular flexibility index (Phi) is 6.97. The van der Waals surface area contributed by atoms with E-state index in [1.54, 1.807) is 30.5 Å². The smallest absolute Gasteiger partial charge is 0.418 e. The van der Waals surface area contributed by atoms with Gasteiger partial charge < -0.3 is 5.11 Å². The first kappa shape index (κ1) is 25.2. The topological polar surface area (TPSA) is 50.2 Å². The fourth-order valence-corrected chi connectivity index (χ4v) is 4.81. The lowest BCUT2D eigenvalue weighted by Crippen LogP contribution is -2.07. The molecular weight excluding hydrogens is 487 g/mol. The number of nitrogens with zero attached hydrogens (tertiary/aromatic N) is 1. The van der Waals surface area contributed by atoms with Crippen LogP contribution in [0.4, 0.5) is 13.2 Å². The molecule has 0 spiro atoms. The third-order valence-electron chi connectivity index (χ3n) is 6.61. The third-order valence-corrected chi connectivity index (χ3v) is 6.61. The SMILES string of the molecule is O=C(O)c1cccc(CCc2cccc(-c3c(Cc4ccccc4)cnc4c(C(F)(F)F)cccc34)c2)c1. The summed E-state index contributed by atoms with van der Waals surface area (Å²) in [5, 5.41) is 9.73. The summed E-state index contributed by atoms with van der Waals surface area (Å²) >= 11 is 0. The van der Waals surface area contributed by atoms with Crippen molar-refractivity contribution in [3.05, 3.63) is 137 Å². The zero-order chi connectivity index (χ0) is 26.7. The summed E-state index contributed by atoms with van der Waals surface area (Å²) in [6.07, 6.45) is -1.14. The standard InChI is InChI=1S/C32H24F3NO2/c33-32(34,35)28-14-6-13-27-29(26(20-36-30(27)28)19-21-7-2-1-3-8-21)24-11-4-9-22(17-24)15-16-23-10-5-12-25(18-23)31(37)38/h1-14,17-18,20H,15-16,19H2,(H,37,38). The van der Waals surface area contributed by atoms with E-state index >= 15 is 0 Å². The van der Waals surface area contributed by atoms with Crippen LogP contribution < -0.4 is 0 Å². The van der Waals surface area contributed by atoms with E-state index in [0.717, 1.165) is 39.4 Å². The van der Waals surface area contributed by atoms with Crippen molar-refractivity contribution in [1.82, 2.24) is 4.98 Å². The normalized spacial score (nSPS) is 11.6. The zero-order valence-corrected chi connectivity index (χ0v) is 20.4. The third kappa shape index (κ3) is 5.44. The highest BCUT2D eigenvalue weighted by atomic mass is 19.4. The highest BCUT2D eigenvalue weighted by Crippen LogP contribution is 2.39. The van der Waals surface area contributed by atoms with E-state index in [0.29, 0.717) is 24.6 Å². The molecule has 0 saturated heterocycles. The molecule has 1 aromatic heterocycles. The molecule has 6 heteroatoms. The van der Waals surface area contributed by atoms with Gasteiger partial charge in [-0.05, 0) is 70.8 Å². The molecule has 3 nitrogen and oxygen atoms in total.